The van der Waals surface area contributed by atoms with Crippen molar-refractivity contribution in [3.05, 3.63) is 22.8 Å². The van der Waals surface area contributed by atoms with E-state index in [-0.39, 0.29) is 4.60 Å². The van der Waals surface area contributed by atoms with E-state index >= 15 is 0 Å². The Morgan fingerprint density at radius 2 is 1.91 bits per heavy atom. The van der Waals surface area contributed by atoms with Gasteiger partial charge in [-0.25, -0.2) is 0 Å². The maximum absolute atomic E-state index is 11.9. The van der Waals surface area contributed by atoms with Gasteiger partial charge in [-0.05, 0) is 27.6 Å². The molecule has 0 atom stereocenters. The summed E-state index contributed by atoms with van der Waals surface area (Å²) in [5.74, 6) is 0. The van der Waals surface area contributed by atoms with Gasteiger partial charge in [0.25, 0.3) is 0 Å². The molecule has 1 aromatic rings. The molecular formula is C5H3BBrF3N-. The minimum atomic E-state index is -4.96. The molecule has 0 saturated carbocycles. The smallest absolute Gasteiger partial charge is 0.444 e. The summed E-state index contributed by atoms with van der Waals surface area (Å²) in [4.78, 5) is 3.26. The lowest BCUT2D eigenvalue weighted by Gasteiger charge is -2.12. The molecule has 0 aliphatic heterocycles. The van der Waals surface area contributed by atoms with E-state index in [1.165, 1.54) is 12.1 Å². The Kier molecular flexibility index (Phi) is 2.22. The fourth-order valence-electron chi connectivity index (χ4n) is 0.606. The molecule has 0 fully saturated rings. The van der Waals surface area contributed by atoms with Crippen LogP contribution in [0.1, 0.15) is 0 Å². The molecule has 0 N–H and O–H groups in total. The third kappa shape index (κ3) is 2.22. The average Bonchev–Trinajstić information content (AvgIpc) is 1.86. The molecule has 11 heavy (non-hydrogen) atoms. The predicted molar refractivity (Wildman–Crippen MR) is 40.6 cm³/mol. The van der Waals surface area contributed by atoms with Crippen molar-refractivity contribution in [2.75, 3.05) is 0 Å². The molecule has 0 saturated heterocycles. The highest BCUT2D eigenvalue weighted by Crippen LogP contribution is 2.09. The van der Waals surface area contributed by atoms with Crippen LogP contribution < -0.4 is 5.59 Å². The maximum Gasteiger partial charge on any atom is 0.527 e. The lowest BCUT2D eigenvalue weighted by atomic mass is 9.86. The summed E-state index contributed by atoms with van der Waals surface area (Å²) >= 11 is 2.85. The first-order chi connectivity index (χ1) is 5.00. The van der Waals surface area contributed by atoms with E-state index in [1.54, 1.807) is 0 Å². The zero-order valence-corrected chi connectivity index (χ0v) is 6.85. The van der Waals surface area contributed by atoms with Crippen LogP contribution in [0.5, 0.6) is 0 Å². The second-order valence-electron chi connectivity index (χ2n) is 1.96. The Hall–Kier alpha value is -0.515. The molecule has 1 rings (SSSR count). The van der Waals surface area contributed by atoms with Gasteiger partial charge in [0.15, 0.2) is 0 Å². The van der Waals surface area contributed by atoms with Crippen molar-refractivity contribution in [2.45, 2.75) is 0 Å². The van der Waals surface area contributed by atoms with Gasteiger partial charge in [-0.15, -0.1) is 0 Å². The van der Waals surface area contributed by atoms with Crippen LogP contribution in [0.3, 0.4) is 0 Å². The summed E-state index contributed by atoms with van der Waals surface area (Å²) in [6.07, 6.45) is 0. The summed E-state index contributed by atoms with van der Waals surface area (Å²) < 4.78 is 36.0. The quantitative estimate of drug-likeness (QED) is 0.525. The van der Waals surface area contributed by atoms with E-state index in [9.17, 15) is 12.9 Å². The number of nitrogens with zero attached hydrogens (tertiary/aromatic N) is 1. The number of rotatable bonds is 1. The van der Waals surface area contributed by atoms with Gasteiger partial charge in [-0.3, -0.25) is 4.98 Å². The van der Waals surface area contributed by atoms with Crippen LogP contribution in [0, 0.1) is 0 Å². The van der Waals surface area contributed by atoms with E-state index < -0.39 is 12.6 Å². The van der Waals surface area contributed by atoms with E-state index in [1.807, 2.05) is 0 Å². The molecule has 0 aliphatic carbocycles. The number of pyridine rings is 1. The molecule has 0 amide bonds. The van der Waals surface area contributed by atoms with Gasteiger partial charge in [-0.1, -0.05) is 12.1 Å². The Balaban J connectivity index is 3.06. The molecule has 1 aromatic heterocycles. The Morgan fingerprint density at radius 3 is 2.27 bits per heavy atom. The SMILES string of the molecule is F[B-](F)(F)c1cccc(Br)n1. The lowest BCUT2D eigenvalue weighted by molar-refractivity contribution is 0.498. The van der Waals surface area contributed by atoms with Crippen molar-refractivity contribution in [3.63, 3.8) is 0 Å². The fraction of sp³-hybridized carbons (Fsp3) is 0. The Morgan fingerprint density at radius 1 is 1.27 bits per heavy atom. The molecule has 0 bridgehead atoms. The van der Waals surface area contributed by atoms with Crippen molar-refractivity contribution < 1.29 is 12.9 Å². The highest BCUT2D eigenvalue weighted by molar-refractivity contribution is 9.10. The van der Waals surface area contributed by atoms with Gasteiger partial charge in [0.1, 0.15) is 4.60 Å². The molecule has 60 valence electrons. The maximum atomic E-state index is 11.9. The summed E-state index contributed by atoms with van der Waals surface area (Å²) in [5.41, 5.74) is -0.820. The first-order valence-corrected chi connectivity index (χ1v) is 3.62. The van der Waals surface area contributed by atoms with Crippen LogP contribution in [-0.2, 0) is 0 Å². The standard InChI is InChI=1S/C5H3BBrF3N/c7-5-3-1-2-4(11-5)6(8,9)10/h1-3H/q-1. The first kappa shape index (κ1) is 8.58. The minimum Gasteiger partial charge on any atom is -0.444 e. The van der Waals surface area contributed by atoms with Crippen molar-refractivity contribution in [1.29, 1.82) is 0 Å². The van der Waals surface area contributed by atoms with Crippen molar-refractivity contribution in [2.24, 2.45) is 0 Å². The molecule has 0 spiro atoms. The van der Waals surface area contributed by atoms with Gasteiger partial charge in [0.2, 0.25) is 0 Å². The van der Waals surface area contributed by atoms with Crippen LogP contribution in [0.15, 0.2) is 22.8 Å². The normalized spacial score (nSPS) is 11.6. The van der Waals surface area contributed by atoms with E-state index in [4.69, 9.17) is 0 Å². The Labute approximate surface area is 69.8 Å². The van der Waals surface area contributed by atoms with Crippen LogP contribution >= 0.6 is 15.9 Å². The number of hydrogen-bond acceptors (Lipinski definition) is 1. The van der Waals surface area contributed by atoms with Gasteiger partial charge in [-0.2, -0.15) is 0 Å². The van der Waals surface area contributed by atoms with E-state index in [2.05, 4.69) is 20.9 Å². The molecule has 0 unspecified atom stereocenters. The summed E-state index contributed by atoms with van der Waals surface area (Å²) in [5, 5.41) is 0. The van der Waals surface area contributed by atoms with Crippen molar-refractivity contribution >= 4 is 28.5 Å². The minimum absolute atomic E-state index is 0.203. The van der Waals surface area contributed by atoms with Crippen LogP contribution in [0.2, 0.25) is 0 Å². The molecular weight excluding hydrogens is 222 g/mol. The zero-order valence-electron chi connectivity index (χ0n) is 5.27. The van der Waals surface area contributed by atoms with Crippen molar-refractivity contribution in [3.8, 4) is 0 Å². The van der Waals surface area contributed by atoms with Gasteiger partial charge < -0.3 is 12.9 Å². The van der Waals surface area contributed by atoms with Crippen LogP contribution in [0.25, 0.3) is 0 Å². The summed E-state index contributed by atoms with van der Waals surface area (Å²) in [7, 11) is 0. The highest BCUT2D eigenvalue weighted by atomic mass is 79.9. The number of hydrogen-bond donors (Lipinski definition) is 0. The molecule has 6 heteroatoms. The van der Waals surface area contributed by atoms with Gasteiger partial charge >= 0.3 is 6.98 Å². The van der Waals surface area contributed by atoms with Crippen LogP contribution in [-0.4, -0.2) is 12.0 Å². The summed E-state index contributed by atoms with van der Waals surface area (Å²) in [6, 6.07) is 3.71. The molecule has 0 radical (unpaired) electrons. The zero-order chi connectivity index (χ0) is 8.48. The second-order valence-corrected chi connectivity index (χ2v) is 2.77. The molecule has 0 aromatic carbocycles. The fourth-order valence-corrected chi connectivity index (χ4v) is 0.964. The van der Waals surface area contributed by atoms with Crippen LogP contribution in [0.4, 0.5) is 12.9 Å². The van der Waals surface area contributed by atoms with Gasteiger partial charge in [0.05, 0.1) is 0 Å². The van der Waals surface area contributed by atoms with E-state index in [0.717, 1.165) is 6.07 Å². The van der Waals surface area contributed by atoms with E-state index in [0.29, 0.717) is 0 Å². The monoisotopic (exact) mass is 224 g/mol. The largest absolute Gasteiger partial charge is 0.527 e. The number of halogens is 4. The Bertz CT molecular complexity index is 262. The lowest BCUT2D eigenvalue weighted by Crippen LogP contribution is -2.36. The van der Waals surface area contributed by atoms with Crippen molar-refractivity contribution in [1.82, 2.24) is 4.98 Å². The van der Waals surface area contributed by atoms with Gasteiger partial charge in [0, 0.05) is 0 Å². The summed E-state index contributed by atoms with van der Waals surface area (Å²) in [6.45, 7) is -4.96. The molecule has 0 aliphatic rings. The second kappa shape index (κ2) is 2.85. The molecule has 1 heterocycles. The average molecular weight is 225 g/mol. The first-order valence-electron chi connectivity index (χ1n) is 2.82. The highest BCUT2D eigenvalue weighted by Gasteiger charge is 2.27. The molecule has 1 nitrogen and oxygen atoms in total. The third-order valence-electron chi connectivity index (χ3n) is 1.07. The number of aromatic nitrogens is 1. The third-order valence-corrected chi connectivity index (χ3v) is 1.51. The topological polar surface area (TPSA) is 12.9 Å². The predicted octanol–water partition coefficient (Wildman–Crippen LogP) is 1.90.